The summed E-state index contributed by atoms with van der Waals surface area (Å²) in [5.74, 6) is -1.89. The summed E-state index contributed by atoms with van der Waals surface area (Å²) in [6, 6.07) is 2.81. The first-order valence-electron chi connectivity index (χ1n) is 3.23. The van der Waals surface area contributed by atoms with Gasteiger partial charge in [0.2, 0.25) is 0 Å². The number of nitro benzene ring substituents is 1. The number of carboxylic acid groups (broad SMARTS) is 1. The second-order valence-electron chi connectivity index (χ2n) is 2.26. The summed E-state index contributed by atoms with van der Waals surface area (Å²) >= 11 is 0. The molecule has 6 nitrogen and oxygen atoms in total. The number of hydrogen-bond donors (Lipinski definition) is 2. The Balaban J connectivity index is 0.00000169. The molecule has 0 fully saturated rings. The zero-order valence-electron chi connectivity index (χ0n) is 7.30. The molecule has 0 radical (unpaired) electrons. The molecule has 2 N–H and O–H groups in total. The third-order valence-electron chi connectivity index (χ3n) is 1.42. The van der Waals surface area contributed by atoms with Gasteiger partial charge in [0.15, 0.2) is 0 Å². The molecule has 0 bridgehead atoms. The van der Waals surface area contributed by atoms with Crippen LogP contribution in [0.5, 0.6) is 5.75 Å². The van der Waals surface area contributed by atoms with Crippen LogP contribution >= 0.6 is 0 Å². The number of nitro groups is 1. The average molecular weight is 222 g/mol. The SMILES string of the molecule is O=C(O)c1cc([N+](=O)[O-])ccc1O.[K+]. The van der Waals surface area contributed by atoms with E-state index in [0.29, 0.717) is 0 Å². The van der Waals surface area contributed by atoms with Crippen molar-refractivity contribution in [3.8, 4) is 5.75 Å². The fourth-order valence-electron chi connectivity index (χ4n) is 0.809. The standard InChI is InChI=1S/C7H5NO5.K/c9-6-2-1-4(8(12)13)3-5(6)7(10)11;/h1-3,9H,(H,10,11);/q;+1. The molecule has 0 spiro atoms. The van der Waals surface area contributed by atoms with E-state index in [2.05, 4.69) is 0 Å². The van der Waals surface area contributed by atoms with Crippen LogP contribution in [0.2, 0.25) is 0 Å². The van der Waals surface area contributed by atoms with Crippen molar-refractivity contribution in [1.29, 1.82) is 0 Å². The summed E-state index contributed by atoms with van der Waals surface area (Å²) in [5, 5.41) is 27.7. The summed E-state index contributed by atoms with van der Waals surface area (Å²) in [6.07, 6.45) is 0. The van der Waals surface area contributed by atoms with E-state index in [-0.39, 0.29) is 57.1 Å². The van der Waals surface area contributed by atoms with Crippen LogP contribution in [0.4, 0.5) is 5.69 Å². The van der Waals surface area contributed by atoms with Crippen LogP contribution in [0.3, 0.4) is 0 Å². The van der Waals surface area contributed by atoms with Crippen LogP contribution in [0.25, 0.3) is 0 Å². The monoisotopic (exact) mass is 222 g/mol. The summed E-state index contributed by atoms with van der Waals surface area (Å²) in [6.45, 7) is 0. The van der Waals surface area contributed by atoms with Gasteiger partial charge in [0.25, 0.3) is 5.69 Å². The van der Waals surface area contributed by atoms with Gasteiger partial charge >= 0.3 is 57.4 Å². The van der Waals surface area contributed by atoms with Gasteiger partial charge in [-0.15, -0.1) is 0 Å². The molecule has 0 amide bonds. The van der Waals surface area contributed by atoms with E-state index in [1.807, 2.05) is 0 Å². The fourth-order valence-corrected chi connectivity index (χ4v) is 0.809. The van der Waals surface area contributed by atoms with Crippen LogP contribution in [-0.2, 0) is 0 Å². The Labute approximate surface area is 121 Å². The topological polar surface area (TPSA) is 101 Å². The van der Waals surface area contributed by atoms with Crippen LogP contribution in [0, 0.1) is 10.1 Å². The van der Waals surface area contributed by atoms with Crippen LogP contribution in [-0.4, -0.2) is 21.1 Å². The number of rotatable bonds is 2. The minimum Gasteiger partial charge on any atom is -0.507 e. The Morgan fingerprint density at radius 1 is 1.43 bits per heavy atom. The molecule has 1 aromatic rings. The zero-order valence-corrected chi connectivity index (χ0v) is 10.4. The number of carboxylic acids is 1. The predicted octanol–water partition coefficient (Wildman–Crippen LogP) is -2.00. The molecule has 0 heterocycles. The molecule has 68 valence electrons. The van der Waals surface area contributed by atoms with E-state index in [4.69, 9.17) is 10.2 Å². The molecule has 0 aliphatic heterocycles. The summed E-state index contributed by atoms with van der Waals surface area (Å²) in [5.41, 5.74) is -0.843. The first-order chi connectivity index (χ1) is 6.02. The van der Waals surface area contributed by atoms with Crippen molar-refractivity contribution in [2.24, 2.45) is 0 Å². The maximum absolute atomic E-state index is 10.4. The average Bonchev–Trinajstić information content (AvgIpc) is 2.04. The molecule has 0 aromatic heterocycles. The Bertz CT molecular complexity index is 378. The van der Waals surface area contributed by atoms with E-state index >= 15 is 0 Å². The molecule has 0 aliphatic rings. The smallest absolute Gasteiger partial charge is 0.507 e. The molecular formula is C7H5KNO5+. The zero-order chi connectivity index (χ0) is 10.0. The molecule has 0 saturated heterocycles. The third-order valence-corrected chi connectivity index (χ3v) is 1.42. The second kappa shape index (κ2) is 5.42. The van der Waals surface area contributed by atoms with E-state index in [0.717, 1.165) is 18.2 Å². The minimum atomic E-state index is -1.40. The van der Waals surface area contributed by atoms with Crippen molar-refractivity contribution in [2.45, 2.75) is 0 Å². The summed E-state index contributed by atoms with van der Waals surface area (Å²) < 4.78 is 0. The molecule has 1 rings (SSSR count). The molecule has 7 heteroatoms. The van der Waals surface area contributed by atoms with Crippen molar-refractivity contribution in [3.05, 3.63) is 33.9 Å². The number of non-ortho nitro benzene ring substituents is 1. The number of aromatic carboxylic acids is 1. The van der Waals surface area contributed by atoms with Gasteiger partial charge in [-0.1, -0.05) is 0 Å². The van der Waals surface area contributed by atoms with Gasteiger partial charge in [0.1, 0.15) is 11.3 Å². The fraction of sp³-hybridized carbons (Fsp3) is 0. The van der Waals surface area contributed by atoms with Gasteiger partial charge in [-0.05, 0) is 6.07 Å². The quantitative estimate of drug-likeness (QED) is 0.342. The Hall–Kier alpha value is -0.474. The van der Waals surface area contributed by atoms with Gasteiger partial charge in [0, 0.05) is 12.1 Å². The number of hydrogen-bond acceptors (Lipinski definition) is 4. The van der Waals surface area contributed by atoms with Crippen molar-refractivity contribution in [3.63, 3.8) is 0 Å². The molecule has 1 aromatic carbocycles. The molecule has 0 unspecified atom stereocenters. The van der Waals surface area contributed by atoms with Gasteiger partial charge in [0.05, 0.1) is 4.92 Å². The van der Waals surface area contributed by atoms with Crippen molar-refractivity contribution < 1.29 is 71.3 Å². The first-order valence-corrected chi connectivity index (χ1v) is 3.23. The number of carbonyl (C=O) groups is 1. The van der Waals surface area contributed by atoms with Gasteiger partial charge in [-0.2, -0.15) is 0 Å². The first kappa shape index (κ1) is 13.5. The minimum absolute atomic E-state index is 0. The normalized spacial score (nSPS) is 8.86. The maximum Gasteiger partial charge on any atom is 1.00 e. The van der Waals surface area contributed by atoms with E-state index in [9.17, 15) is 14.9 Å². The van der Waals surface area contributed by atoms with Crippen LogP contribution in [0.1, 0.15) is 10.4 Å². The molecule has 0 aliphatic carbocycles. The van der Waals surface area contributed by atoms with Crippen LogP contribution in [0.15, 0.2) is 18.2 Å². The summed E-state index contributed by atoms with van der Waals surface area (Å²) in [4.78, 5) is 19.9. The van der Waals surface area contributed by atoms with Gasteiger partial charge in [-0.3, -0.25) is 10.1 Å². The van der Waals surface area contributed by atoms with Gasteiger partial charge < -0.3 is 10.2 Å². The molecule has 0 saturated carbocycles. The summed E-state index contributed by atoms with van der Waals surface area (Å²) in [7, 11) is 0. The van der Waals surface area contributed by atoms with Crippen molar-refractivity contribution in [1.82, 2.24) is 0 Å². The predicted molar refractivity (Wildman–Crippen MR) is 41.7 cm³/mol. The number of benzene rings is 1. The Morgan fingerprint density at radius 3 is 2.43 bits per heavy atom. The largest absolute Gasteiger partial charge is 1.00 e. The Kier molecular flexibility index (Phi) is 5.23. The van der Waals surface area contributed by atoms with E-state index in [1.54, 1.807) is 0 Å². The van der Waals surface area contributed by atoms with Gasteiger partial charge in [-0.25, -0.2) is 4.79 Å². The van der Waals surface area contributed by atoms with E-state index in [1.165, 1.54) is 0 Å². The Morgan fingerprint density at radius 2 is 2.00 bits per heavy atom. The van der Waals surface area contributed by atoms with E-state index < -0.39 is 22.2 Å². The van der Waals surface area contributed by atoms with Crippen molar-refractivity contribution >= 4 is 11.7 Å². The van der Waals surface area contributed by atoms with Crippen molar-refractivity contribution in [2.75, 3.05) is 0 Å². The number of nitrogens with zero attached hydrogens (tertiary/aromatic N) is 1. The molecule has 14 heavy (non-hydrogen) atoms. The molecule has 0 atom stereocenters. The molecular weight excluding hydrogens is 217 g/mol. The number of phenols is 1. The maximum atomic E-state index is 10.4. The third kappa shape index (κ3) is 3.03. The van der Waals surface area contributed by atoms with Crippen LogP contribution < -0.4 is 51.4 Å². The second-order valence-corrected chi connectivity index (χ2v) is 2.26. The number of aromatic hydroxyl groups is 1.